The Morgan fingerprint density at radius 2 is 1.41 bits per heavy atom. The van der Waals surface area contributed by atoms with Crippen molar-refractivity contribution in [2.75, 3.05) is 65.4 Å². The molecule has 0 bridgehead atoms. The molecule has 0 amide bonds. The molecule has 7 rings (SSSR count). The van der Waals surface area contributed by atoms with Crippen molar-refractivity contribution in [3.8, 4) is 0 Å². The summed E-state index contributed by atoms with van der Waals surface area (Å²) in [5, 5.41) is 11.6. The molecule has 34 heavy (non-hydrogen) atoms. The maximum absolute atomic E-state index is 3.96. The lowest BCUT2D eigenvalue weighted by Crippen LogP contribution is -2.69. The molecule has 0 aromatic heterocycles. The zero-order chi connectivity index (χ0) is 22.5. The van der Waals surface area contributed by atoms with E-state index in [0.717, 1.165) is 24.4 Å². The Morgan fingerprint density at radius 1 is 0.647 bits per heavy atom. The molecule has 186 valence electrons. The molecule has 0 saturated carbocycles. The van der Waals surface area contributed by atoms with Crippen LogP contribution in [0.5, 0.6) is 0 Å². The minimum atomic E-state index is 0.562. The second-order valence-corrected chi connectivity index (χ2v) is 11.9. The molecule has 6 heterocycles. The number of hydrogen-bond acceptors (Lipinski definition) is 6. The third kappa shape index (κ3) is 3.77. The van der Waals surface area contributed by atoms with Gasteiger partial charge >= 0.3 is 0 Å². The van der Waals surface area contributed by atoms with Gasteiger partial charge in [-0.2, -0.15) is 0 Å². The highest BCUT2D eigenvalue weighted by Crippen LogP contribution is 2.41. The van der Waals surface area contributed by atoms with Gasteiger partial charge in [-0.15, -0.1) is 0 Å². The van der Waals surface area contributed by atoms with Gasteiger partial charge in [-0.25, -0.2) is 0 Å². The Balaban J connectivity index is 1.12. The maximum Gasteiger partial charge on any atom is 0.0479 e. The molecular formula is C28H44N6. The third-order valence-corrected chi connectivity index (χ3v) is 10.4. The molecule has 1 aromatic carbocycles. The first-order valence-electron chi connectivity index (χ1n) is 14.3. The van der Waals surface area contributed by atoms with Gasteiger partial charge in [0.05, 0.1) is 0 Å². The van der Waals surface area contributed by atoms with Gasteiger partial charge < -0.3 is 16.0 Å². The van der Waals surface area contributed by atoms with Gasteiger partial charge in [-0.1, -0.05) is 24.3 Å². The Kier molecular flexibility index (Phi) is 6.17. The molecule has 6 nitrogen and oxygen atoms in total. The molecule has 7 unspecified atom stereocenters. The van der Waals surface area contributed by atoms with E-state index in [0.29, 0.717) is 24.2 Å². The van der Waals surface area contributed by atoms with Crippen LogP contribution >= 0.6 is 0 Å². The van der Waals surface area contributed by atoms with Crippen molar-refractivity contribution in [1.82, 2.24) is 30.7 Å². The van der Waals surface area contributed by atoms with Crippen molar-refractivity contribution in [3.05, 3.63) is 35.4 Å². The van der Waals surface area contributed by atoms with Gasteiger partial charge in [-0.05, 0) is 81.2 Å². The van der Waals surface area contributed by atoms with Crippen LogP contribution in [0.1, 0.15) is 42.9 Å². The van der Waals surface area contributed by atoms with E-state index < -0.39 is 0 Å². The van der Waals surface area contributed by atoms with Gasteiger partial charge in [0.1, 0.15) is 0 Å². The monoisotopic (exact) mass is 464 g/mol. The van der Waals surface area contributed by atoms with Crippen LogP contribution in [0.2, 0.25) is 0 Å². The van der Waals surface area contributed by atoms with Crippen LogP contribution < -0.4 is 16.0 Å². The second kappa shape index (κ2) is 9.45. The average Bonchev–Trinajstić information content (AvgIpc) is 3.14. The van der Waals surface area contributed by atoms with Crippen LogP contribution in [0.4, 0.5) is 0 Å². The standard InChI is InChI=1S/C28H44N6/c1-2-6-21-20(5-1)8-14-34-25(21)16-30-18-27(34)22-7-3-12-33-26(22)17-31-19-28(33)23-9-13-32-11-4-10-29-15-24(23)32/h1-2,5-6,22-31H,3-4,7-19H2. The van der Waals surface area contributed by atoms with Crippen LogP contribution in [0.25, 0.3) is 0 Å². The van der Waals surface area contributed by atoms with E-state index in [2.05, 4.69) is 54.9 Å². The maximum atomic E-state index is 3.96. The van der Waals surface area contributed by atoms with Gasteiger partial charge in [0, 0.05) is 69.5 Å². The van der Waals surface area contributed by atoms with Crippen molar-refractivity contribution >= 4 is 0 Å². The molecule has 0 radical (unpaired) electrons. The molecule has 0 spiro atoms. The highest BCUT2D eigenvalue weighted by atomic mass is 15.3. The summed E-state index contributed by atoms with van der Waals surface area (Å²) in [6.45, 7) is 12.2. The summed E-state index contributed by atoms with van der Waals surface area (Å²) < 4.78 is 0. The van der Waals surface area contributed by atoms with Crippen molar-refractivity contribution < 1.29 is 0 Å². The molecule has 7 atom stereocenters. The average molecular weight is 465 g/mol. The number of nitrogens with zero attached hydrogens (tertiary/aromatic N) is 3. The highest BCUT2D eigenvalue weighted by Gasteiger charge is 2.49. The lowest BCUT2D eigenvalue weighted by Gasteiger charge is -2.56. The van der Waals surface area contributed by atoms with Crippen LogP contribution in [-0.4, -0.2) is 104 Å². The van der Waals surface area contributed by atoms with E-state index in [-0.39, 0.29) is 0 Å². The first-order chi connectivity index (χ1) is 16.9. The summed E-state index contributed by atoms with van der Waals surface area (Å²) >= 11 is 0. The summed E-state index contributed by atoms with van der Waals surface area (Å²) in [6, 6.07) is 12.6. The smallest absolute Gasteiger partial charge is 0.0479 e. The molecule has 3 N–H and O–H groups in total. The first kappa shape index (κ1) is 22.2. The fourth-order valence-corrected chi connectivity index (χ4v) is 8.92. The van der Waals surface area contributed by atoms with E-state index in [1.54, 1.807) is 11.1 Å². The van der Waals surface area contributed by atoms with Gasteiger partial charge in [0.15, 0.2) is 0 Å². The quantitative estimate of drug-likeness (QED) is 0.613. The molecule has 6 heteroatoms. The number of piperidine rings is 1. The topological polar surface area (TPSA) is 45.8 Å². The lowest BCUT2D eigenvalue weighted by molar-refractivity contribution is -0.0497. The fraction of sp³-hybridized carbons (Fsp3) is 0.786. The summed E-state index contributed by atoms with van der Waals surface area (Å²) in [5.74, 6) is 1.59. The van der Waals surface area contributed by atoms with Crippen LogP contribution in [0, 0.1) is 11.8 Å². The molecule has 0 aliphatic carbocycles. The summed E-state index contributed by atoms with van der Waals surface area (Å²) in [5.41, 5.74) is 3.17. The van der Waals surface area contributed by atoms with Crippen LogP contribution in [0.15, 0.2) is 24.3 Å². The van der Waals surface area contributed by atoms with E-state index in [4.69, 9.17) is 0 Å². The Bertz CT molecular complexity index is 861. The Labute approximate surface area is 205 Å². The largest absolute Gasteiger partial charge is 0.315 e. The first-order valence-corrected chi connectivity index (χ1v) is 14.3. The molecule has 1 aromatic rings. The van der Waals surface area contributed by atoms with Crippen molar-refractivity contribution in [2.24, 2.45) is 11.8 Å². The molecule has 5 saturated heterocycles. The minimum Gasteiger partial charge on any atom is -0.315 e. The number of piperazine rings is 2. The molecule has 6 aliphatic rings. The predicted molar refractivity (Wildman–Crippen MR) is 137 cm³/mol. The zero-order valence-electron chi connectivity index (χ0n) is 20.8. The van der Waals surface area contributed by atoms with Gasteiger partial charge in [0.25, 0.3) is 0 Å². The minimum absolute atomic E-state index is 0.562. The summed E-state index contributed by atoms with van der Waals surface area (Å²) in [6.07, 6.45) is 6.70. The predicted octanol–water partition coefficient (Wildman–Crippen LogP) is 1.29. The van der Waals surface area contributed by atoms with E-state index in [9.17, 15) is 0 Å². The lowest BCUT2D eigenvalue weighted by atomic mass is 9.76. The Morgan fingerprint density at radius 3 is 2.32 bits per heavy atom. The van der Waals surface area contributed by atoms with Crippen molar-refractivity contribution in [3.63, 3.8) is 0 Å². The number of benzene rings is 1. The second-order valence-electron chi connectivity index (χ2n) is 11.9. The van der Waals surface area contributed by atoms with E-state index in [1.165, 1.54) is 91.0 Å². The number of hydrogen-bond donors (Lipinski definition) is 3. The normalized spacial score (nSPS) is 41.7. The molecule has 5 fully saturated rings. The number of rotatable bonds is 2. The molecule has 6 aliphatic heterocycles. The third-order valence-electron chi connectivity index (χ3n) is 10.4. The van der Waals surface area contributed by atoms with E-state index in [1.807, 2.05) is 0 Å². The fourth-order valence-electron chi connectivity index (χ4n) is 8.92. The SMILES string of the molecule is c1ccc2c(c1)CCN1C2CNCC1C1CCCN2C(C3CCN4CCCNCC34)CNCC12. The highest BCUT2D eigenvalue weighted by molar-refractivity contribution is 5.33. The Hall–Kier alpha value is -1.02. The van der Waals surface area contributed by atoms with Crippen molar-refractivity contribution in [1.29, 1.82) is 0 Å². The number of nitrogens with one attached hydrogen (secondary N) is 3. The summed E-state index contributed by atoms with van der Waals surface area (Å²) in [7, 11) is 0. The van der Waals surface area contributed by atoms with Gasteiger partial charge in [0.2, 0.25) is 0 Å². The molecular weight excluding hydrogens is 420 g/mol. The summed E-state index contributed by atoms with van der Waals surface area (Å²) in [4.78, 5) is 8.75. The van der Waals surface area contributed by atoms with E-state index >= 15 is 0 Å². The van der Waals surface area contributed by atoms with Crippen molar-refractivity contribution in [2.45, 2.75) is 62.3 Å². The number of fused-ring (bicyclic) bond motifs is 5. The zero-order valence-corrected chi connectivity index (χ0v) is 20.8. The van der Waals surface area contributed by atoms with Gasteiger partial charge in [-0.3, -0.25) is 14.7 Å². The van der Waals surface area contributed by atoms with Crippen LogP contribution in [-0.2, 0) is 6.42 Å². The van der Waals surface area contributed by atoms with Crippen LogP contribution in [0.3, 0.4) is 0 Å².